The predicted molar refractivity (Wildman–Crippen MR) is 103 cm³/mol. The van der Waals surface area contributed by atoms with Gasteiger partial charge in [-0.25, -0.2) is 4.39 Å². The summed E-state index contributed by atoms with van der Waals surface area (Å²) in [5, 5.41) is 10.5. The maximum absolute atomic E-state index is 13.2. The molecule has 6 nitrogen and oxygen atoms in total. The summed E-state index contributed by atoms with van der Waals surface area (Å²) in [6.45, 7) is 1.17. The van der Waals surface area contributed by atoms with E-state index in [1.165, 1.54) is 0 Å². The highest BCUT2D eigenvalue weighted by Gasteiger charge is 2.34. The Bertz CT molecular complexity index is 862. The van der Waals surface area contributed by atoms with Gasteiger partial charge in [0.05, 0.1) is 12.1 Å². The van der Waals surface area contributed by atoms with Crippen molar-refractivity contribution in [3.05, 3.63) is 53.5 Å². The van der Waals surface area contributed by atoms with E-state index in [9.17, 15) is 22.4 Å². The fourth-order valence-electron chi connectivity index (χ4n) is 3.66. The average molecular weight is 425 g/mol. The van der Waals surface area contributed by atoms with Crippen molar-refractivity contribution in [2.24, 2.45) is 0 Å². The summed E-state index contributed by atoms with van der Waals surface area (Å²) in [6.07, 6.45) is -1.12. The summed E-state index contributed by atoms with van der Waals surface area (Å²) in [5.41, 5.74) is -1.26. The Morgan fingerprint density at radius 2 is 2.13 bits per heavy atom. The Morgan fingerprint density at radius 1 is 1.33 bits per heavy atom. The number of likely N-dealkylation sites (N-methyl/N-ethyl adjacent to an activating group) is 1. The normalized spacial score (nSPS) is 16.9. The number of carbonyl (C=O) groups excluding carboxylic acids is 1. The van der Waals surface area contributed by atoms with Crippen LogP contribution in [0.1, 0.15) is 24.0 Å². The Balaban J connectivity index is 1.53. The summed E-state index contributed by atoms with van der Waals surface area (Å²) >= 11 is 0. The van der Waals surface area contributed by atoms with E-state index in [1.807, 2.05) is 17.0 Å². The minimum absolute atomic E-state index is 0.0351. The molecule has 1 aromatic carbocycles. The Morgan fingerprint density at radius 3 is 2.83 bits per heavy atom. The molecule has 2 heterocycles. The lowest BCUT2D eigenvalue weighted by atomic mass is 10.1. The van der Waals surface area contributed by atoms with Crippen LogP contribution in [0.15, 0.2) is 36.5 Å². The Kier molecular flexibility index (Phi) is 6.86. The highest BCUT2D eigenvalue weighted by Crippen LogP contribution is 2.32. The van der Waals surface area contributed by atoms with Crippen molar-refractivity contribution >= 4 is 11.7 Å². The molecule has 3 rings (SSSR count). The predicted octanol–water partition coefficient (Wildman–Crippen LogP) is 2.85. The van der Waals surface area contributed by atoms with Crippen LogP contribution in [-0.2, 0) is 17.5 Å². The van der Waals surface area contributed by atoms with E-state index in [0.717, 1.165) is 37.3 Å². The molecule has 1 aromatic heterocycles. The fourth-order valence-corrected chi connectivity index (χ4v) is 3.66. The van der Waals surface area contributed by atoms with E-state index < -0.39 is 23.5 Å². The molecule has 1 saturated heterocycles. The number of nitrogens with one attached hydrogen (secondary N) is 1. The largest absolute Gasteiger partial charge is 0.416 e. The van der Waals surface area contributed by atoms with Gasteiger partial charge in [0.1, 0.15) is 5.82 Å². The zero-order valence-corrected chi connectivity index (χ0v) is 16.5. The lowest BCUT2D eigenvalue weighted by Crippen LogP contribution is -2.43. The molecule has 0 bridgehead atoms. The second-order valence-electron chi connectivity index (χ2n) is 7.34. The van der Waals surface area contributed by atoms with Gasteiger partial charge in [-0.3, -0.25) is 9.69 Å². The number of nitrogens with zero attached hydrogens (tertiary/aromatic N) is 4. The molecule has 0 radical (unpaired) electrons. The molecular weight excluding hydrogens is 402 g/mol. The number of anilines is 1. The summed E-state index contributed by atoms with van der Waals surface area (Å²) in [7, 11) is 1.78. The van der Waals surface area contributed by atoms with Gasteiger partial charge in [0.25, 0.3) is 0 Å². The SMILES string of the molecule is CN(CC(=O)NCc1ccc(F)cc1C(F)(F)F)CC1CCCN1c1cccnn1. The Labute approximate surface area is 171 Å². The molecule has 10 heteroatoms. The van der Waals surface area contributed by atoms with E-state index in [4.69, 9.17) is 0 Å². The maximum Gasteiger partial charge on any atom is 0.416 e. The van der Waals surface area contributed by atoms with E-state index in [-0.39, 0.29) is 24.7 Å². The van der Waals surface area contributed by atoms with Crippen molar-refractivity contribution in [2.75, 3.05) is 31.6 Å². The van der Waals surface area contributed by atoms with E-state index in [2.05, 4.69) is 20.4 Å². The minimum Gasteiger partial charge on any atom is -0.351 e. The van der Waals surface area contributed by atoms with Crippen LogP contribution in [0.3, 0.4) is 0 Å². The zero-order valence-electron chi connectivity index (χ0n) is 16.5. The minimum atomic E-state index is -4.69. The van der Waals surface area contributed by atoms with Gasteiger partial charge in [-0.05, 0) is 49.7 Å². The number of hydrogen-bond donors (Lipinski definition) is 1. The first kappa shape index (κ1) is 21.9. The summed E-state index contributed by atoms with van der Waals surface area (Å²) in [6, 6.07) is 6.31. The molecule has 0 spiro atoms. The van der Waals surface area contributed by atoms with Gasteiger partial charge in [0.2, 0.25) is 5.91 Å². The van der Waals surface area contributed by atoms with Gasteiger partial charge < -0.3 is 10.2 Å². The lowest BCUT2D eigenvalue weighted by Gasteiger charge is -2.29. The molecular formula is C20H23F4N5O. The van der Waals surface area contributed by atoms with Crippen molar-refractivity contribution < 1.29 is 22.4 Å². The van der Waals surface area contributed by atoms with Crippen LogP contribution in [0.2, 0.25) is 0 Å². The van der Waals surface area contributed by atoms with Crippen molar-refractivity contribution in [3.8, 4) is 0 Å². The van der Waals surface area contributed by atoms with Crippen molar-refractivity contribution in [2.45, 2.75) is 31.6 Å². The van der Waals surface area contributed by atoms with E-state index in [1.54, 1.807) is 13.2 Å². The third kappa shape index (κ3) is 5.65. The second-order valence-corrected chi connectivity index (χ2v) is 7.34. The molecule has 1 unspecified atom stereocenters. The molecule has 0 saturated carbocycles. The molecule has 1 atom stereocenters. The highest BCUT2D eigenvalue weighted by molar-refractivity contribution is 5.78. The van der Waals surface area contributed by atoms with Crippen molar-refractivity contribution in [1.82, 2.24) is 20.4 Å². The van der Waals surface area contributed by atoms with Crippen LogP contribution in [0.25, 0.3) is 0 Å². The highest BCUT2D eigenvalue weighted by atomic mass is 19.4. The van der Waals surface area contributed by atoms with Crippen LogP contribution in [0.5, 0.6) is 0 Å². The molecule has 0 aliphatic carbocycles. The average Bonchev–Trinajstić information content (AvgIpc) is 3.14. The van der Waals surface area contributed by atoms with Gasteiger partial charge in [-0.2, -0.15) is 18.3 Å². The number of carbonyl (C=O) groups is 1. The number of rotatable bonds is 7. The summed E-state index contributed by atoms with van der Waals surface area (Å²) in [5.74, 6) is -0.589. The fraction of sp³-hybridized carbons (Fsp3) is 0.450. The molecule has 1 amide bonds. The molecule has 2 aromatic rings. The first-order chi connectivity index (χ1) is 14.2. The molecule has 1 N–H and O–H groups in total. The number of amides is 1. The number of aromatic nitrogens is 2. The van der Waals surface area contributed by atoms with Gasteiger partial charge in [0.15, 0.2) is 5.82 Å². The maximum atomic E-state index is 13.2. The third-order valence-electron chi connectivity index (χ3n) is 5.02. The van der Waals surface area contributed by atoms with Gasteiger partial charge in [0, 0.05) is 31.9 Å². The monoisotopic (exact) mass is 425 g/mol. The second kappa shape index (κ2) is 9.38. The standard InChI is InChI=1S/C20H23F4N5O/c1-28(12-16-4-3-9-29(16)18-5-2-8-26-27-18)13-19(30)25-11-14-6-7-15(21)10-17(14)20(22,23)24/h2,5-8,10,16H,3-4,9,11-13H2,1H3,(H,25,30). The Hall–Kier alpha value is -2.75. The number of benzene rings is 1. The summed E-state index contributed by atoms with van der Waals surface area (Å²) < 4.78 is 52.4. The lowest BCUT2D eigenvalue weighted by molar-refractivity contribution is -0.138. The summed E-state index contributed by atoms with van der Waals surface area (Å²) in [4.78, 5) is 16.2. The van der Waals surface area contributed by atoms with Gasteiger partial charge >= 0.3 is 6.18 Å². The van der Waals surface area contributed by atoms with E-state index >= 15 is 0 Å². The molecule has 30 heavy (non-hydrogen) atoms. The molecule has 1 aliphatic heterocycles. The number of hydrogen-bond acceptors (Lipinski definition) is 5. The van der Waals surface area contributed by atoms with Crippen LogP contribution < -0.4 is 10.2 Å². The first-order valence-corrected chi connectivity index (χ1v) is 9.59. The topological polar surface area (TPSA) is 61.4 Å². The molecule has 162 valence electrons. The molecule has 1 fully saturated rings. The van der Waals surface area contributed by atoms with Crippen molar-refractivity contribution in [1.29, 1.82) is 0 Å². The van der Waals surface area contributed by atoms with Crippen LogP contribution in [0, 0.1) is 5.82 Å². The first-order valence-electron chi connectivity index (χ1n) is 9.59. The molecule has 1 aliphatic rings. The zero-order chi connectivity index (χ0) is 21.7. The van der Waals surface area contributed by atoms with Gasteiger partial charge in [-0.15, -0.1) is 5.10 Å². The smallest absolute Gasteiger partial charge is 0.351 e. The van der Waals surface area contributed by atoms with Crippen LogP contribution >= 0.6 is 0 Å². The van der Waals surface area contributed by atoms with Crippen LogP contribution in [-0.4, -0.2) is 53.7 Å². The quantitative estimate of drug-likeness (QED) is 0.692. The van der Waals surface area contributed by atoms with Crippen LogP contribution in [0.4, 0.5) is 23.4 Å². The van der Waals surface area contributed by atoms with E-state index in [0.29, 0.717) is 12.6 Å². The third-order valence-corrected chi connectivity index (χ3v) is 5.02. The number of alkyl halides is 3. The van der Waals surface area contributed by atoms with Gasteiger partial charge in [-0.1, -0.05) is 6.07 Å². The van der Waals surface area contributed by atoms with Crippen molar-refractivity contribution in [3.63, 3.8) is 0 Å². The number of halogens is 4.